The van der Waals surface area contributed by atoms with Gasteiger partial charge in [0.1, 0.15) is 6.33 Å². The van der Waals surface area contributed by atoms with E-state index in [0.29, 0.717) is 23.5 Å². The van der Waals surface area contributed by atoms with Crippen LogP contribution in [0.5, 0.6) is 0 Å². The van der Waals surface area contributed by atoms with Gasteiger partial charge in [0.25, 0.3) is 0 Å². The van der Waals surface area contributed by atoms with Gasteiger partial charge in [-0.3, -0.25) is 0 Å². The fraction of sp³-hybridized carbons (Fsp3) is 0.333. The average molecular weight is 204 g/mol. The molecule has 0 saturated carbocycles. The van der Waals surface area contributed by atoms with Gasteiger partial charge in [-0.15, -0.1) is 5.10 Å². The van der Waals surface area contributed by atoms with Crippen LogP contribution in [-0.4, -0.2) is 25.0 Å². The van der Waals surface area contributed by atoms with Crippen molar-refractivity contribution in [1.82, 2.24) is 25.0 Å². The summed E-state index contributed by atoms with van der Waals surface area (Å²) < 4.78 is 1.69. The molecular formula is C9H12N6. The summed E-state index contributed by atoms with van der Waals surface area (Å²) in [6, 6.07) is 0. The van der Waals surface area contributed by atoms with Crippen molar-refractivity contribution in [2.45, 2.75) is 19.9 Å². The van der Waals surface area contributed by atoms with E-state index < -0.39 is 0 Å². The molecule has 2 N–H and O–H groups in total. The summed E-state index contributed by atoms with van der Waals surface area (Å²) in [5.74, 6) is 0.366. The zero-order valence-corrected chi connectivity index (χ0v) is 8.46. The number of nitrogens with two attached hydrogens (primary N) is 1. The Morgan fingerprint density at radius 3 is 3.07 bits per heavy atom. The largest absolute Gasteiger partial charge is 0.382 e. The molecule has 0 aromatic carbocycles. The lowest BCUT2D eigenvalue weighted by Gasteiger charge is -1.95. The van der Waals surface area contributed by atoms with E-state index in [1.165, 1.54) is 6.33 Å². The van der Waals surface area contributed by atoms with E-state index in [2.05, 4.69) is 33.3 Å². The van der Waals surface area contributed by atoms with Gasteiger partial charge in [-0.25, -0.2) is 14.6 Å². The number of anilines is 1. The molecule has 0 unspecified atom stereocenters. The predicted molar refractivity (Wildman–Crippen MR) is 57.0 cm³/mol. The topological polar surface area (TPSA) is 82.5 Å². The monoisotopic (exact) mass is 204 g/mol. The summed E-state index contributed by atoms with van der Waals surface area (Å²) in [4.78, 5) is 7.94. The molecule has 15 heavy (non-hydrogen) atoms. The predicted octanol–water partition coefficient (Wildman–Crippen LogP) is 0.770. The van der Waals surface area contributed by atoms with E-state index in [1.54, 1.807) is 4.68 Å². The van der Waals surface area contributed by atoms with Crippen LogP contribution in [0, 0.1) is 0 Å². The van der Waals surface area contributed by atoms with E-state index in [-0.39, 0.29) is 0 Å². The van der Waals surface area contributed by atoms with Gasteiger partial charge in [0.2, 0.25) is 0 Å². The minimum Gasteiger partial charge on any atom is -0.382 e. The SMILES string of the molecule is CC/C=C/Cn1nnc2c(N)ncnc21. The van der Waals surface area contributed by atoms with Crippen LogP contribution in [0.25, 0.3) is 11.2 Å². The summed E-state index contributed by atoms with van der Waals surface area (Å²) in [6.07, 6.45) is 6.51. The van der Waals surface area contributed by atoms with Gasteiger partial charge >= 0.3 is 0 Å². The van der Waals surface area contributed by atoms with E-state index in [4.69, 9.17) is 5.73 Å². The van der Waals surface area contributed by atoms with E-state index in [0.717, 1.165) is 6.42 Å². The number of allylic oxidation sites excluding steroid dienone is 2. The molecule has 2 heterocycles. The van der Waals surface area contributed by atoms with E-state index in [1.807, 2.05) is 6.08 Å². The lowest BCUT2D eigenvalue weighted by molar-refractivity contribution is 0.675. The third-order valence-corrected chi connectivity index (χ3v) is 2.01. The Kier molecular flexibility index (Phi) is 2.57. The standard InChI is InChI=1S/C9H12N6/c1-2-3-4-5-15-9-7(13-14-15)8(10)11-6-12-9/h3-4,6H,2,5H2,1H3,(H2,10,11,12)/b4-3+. The molecule has 0 saturated heterocycles. The molecule has 0 aliphatic heterocycles. The Bertz CT molecular complexity index is 486. The summed E-state index contributed by atoms with van der Waals surface area (Å²) in [6.45, 7) is 2.73. The van der Waals surface area contributed by atoms with Crippen molar-refractivity contribution in [1.29, 1.82) is 0 Å². The van der Waals surface area contributed by atoms with Gasteiger partial charge in [0.05, 0.1) is 6.54 Å². The van der Waals surface area contributed by atoms with Crippen molar-refractivity contribution in [3.8, 4) is 0 Å². The summed E-state index contributed by atoms with van der Waals surface area (Å²) in [5, 5.41) is 7.89. The first-order valence-corrected chi connectivity index (χ1v) is 4.77. The van der Waals surface area contributed by atoms with Crippen molar-refractivity contribution in [2.75, 3.05) is 5.73 Å². The molecule has 78 valence electrons. The number of rotatable bonds is 3. The fourth-order valence-electron chi connectivity index (χ4n) is 1.27. The quantitative estimate of drug-likeness (QED) is 0.746. The van der Waals surface area contributed by atoms with Crippen LogP contribution < -0.4 is 5.73 Å². The number of nitrogens with zero attached hydrogens (tertiary/aromatic N) is 5. The lowest BCUT2D eigenvalue weighted by atomic mass is 10.4. The molecular weight excluding hydrogens is 192 g/mol. The highest BCUT2D eigenvalue weighted by Crippen LogP contribution is 2.11. The fourth-order valence-corrected chi connectivity index (χ4v) is 1.27. The van der Waals surface area contributed by atoms with Gasteiger partial charge in [-0.2, -0.15) is 0 Å². The molecule has 0 spiro atoms. The molecule has 6 nitrogen and oxygen atoms in total. The first-order valence-electron chi connectivity index (χ1n) is 4.77. The normalized spacial score (nSPS) is 11.5. The maximum absolute atomic E-state index is 5.64. The maximum atomic E-state index is 5.64. The Balaban J connectivity index is 2.37. The Morgan fingerprint density at radius 1 is 1.40 bits per heavy atom. The van der Waals surface area contributed by atoms with Crippen LogP contribution in [0.4, 0.5) is 5.82 Å². The Labute approximate surface area is 86.8 Å². The minimum absolute atomic E-state index is 0.366. The van der Waals surface area contributed by atoms with Crippen LogP contribution in [0.15, 0.2) is 18.5 Å². The number of hydrogen-bond acceptors (Lipinski definition) is 5. The van der Waals surface area contributed by atoms with Gasteiger partial charge in [-0.05, 0) is 6.42 Å². The molecule has 2 aromatic rings. The van der Waals surface area contributed by atoms with Crippen molar-refractivity contribution >= 4 is 17.0 Å². The first kappa shape index (κ1) is 9.57. The Morgan fingerprint density at radius 2 is 2.27 bits per heavy atom. The van der Waals surface area contributed by atoms with Crippen LogP contribution in [0.1, 0.15) is 13.3 Å². The summed E-state index contributed by atoms with van der Waals surface area (Å²) in [7, 11) is 0. The zero-order chi connectivity index (χ0) is 10.7. The molecule has 0 atom stereocenters. The average Bonchev–Trinajstić information content (AvgIpc) is 2.64. The molecule has 0 bridgehead atoms. The second-order valence-electron chi connectivity index (χ2n) is 3.08. The van der Waals surface area contributed by atoms with Crippen molar-refractivity contribution in [2.24, 2.45) is 0 Å². The van der Waals surface area contributed by atoms with E-state index >= 15 is 0 Å². The Hall–Kier alpha value is -1.98. The highest BCUT2D eigenvalue weighted by atomic mass is 15.4. The zero-order valence-electron chi connectivity index (χ0n) is 8.46. The number of nitrogen functional groups attached to an aromatic ring is 1. The van der Waals surface area contributed by atoms with Gasteiger partial charge < -0.3 is 5.73 Å². The van der Waals surface area contributed by atoms with Gasteiger partial charge in [0.15, 0.2) is 17.0 Å². The lowest BCUT2D eigenvalue weighted by Crippen LogP contribution is -1.99. The molecule has 0 radical (unpaired) electrons. The van der Waals surface area contributed by atoms with Crippen LogP contribution in [0.3, 0.4) is 0 Å². The highest BCUT2D eigenvalue weighted by Gasteiger charge is 2.07. The molecule has 2 aromatic heterocycles. The van der Waals surface area contributed by atoms with Crippen molar-refractivity contribution in [3.63, 3.8) is 0 Å². The second kappa shape index (κ2) is 4.04. The third kappa shape index (κ3) is 1.78. The molecule has 2 rings (SSSR count). The number of hydrogen-bond donors (Lipinski definition) is 1. The second-order valence-corrected chi connectivity index (χ2v) is 3.08. The van der Waals surface area contributed by atoms with Crippen molar-refractivity contribution < 1.29 is 0 Å². The maximum Gasteiger partial charge on any atom is 0.184 e. The van der Waals surface area contributed by atoms with Crippen LogP contribution in [0.2, 0.25) is 0 Å². The molecule has 0 aliphatic rings. The first-order chi connectivity index (χ1) is 7.33. The molecule has 0 amide bonds. The number of aromatic nitrogens is 5. The van der Waals surface area contributed by atoms with Gasteiger partial charge in [-0.1, -0.05) is 24.3 Å². The smallest absolute Gasteiger partial charge is 0.184 e. The number of fused-ring (bicyclic) bond motifs is 1. The van der Waals surface area contributed by atoms with Crippen LogP contribution in [-0.2, 0) is 6.54 Å². The molecule has 0 aliphatic carbocycles. The molecule has 6 heteroatoms. The molecule has 0 fully saturated rings. The highest BCUT2D eigenvalue weighted by molar-refractivity contribution is 5.80. The minimum atomic E-state index is 0.366. The third-order valence-electron chi connectivity index (χ3n) is 2.01. The summed E-state index contributed by atoms with van der Waals surface area (Å²) in [5.41, 5.74) is 6.87. The summed E-state index contributed by atoms with van der Waals surface area (Å²) >= 11 is 0. The van der Waals surface area contributed by atoms with Crippen molar-refractivity contribution in [3.05, 3.63) is 18.5 Å². The van der Waals surface area contributed by atoms with E-state index in [9.17, 15) is 0 Å². The van der Waals surface area contributed by atoms with Crippen LogP contribution >= 0.6 is 0 Å². The van der Waals surface area contributed by atoms with Gasteiger partial charge in [0, 0.05) is 0 Å².